The number of carbonyl (C=O) groups excluding carboxylic acids is 3. The number of nitrogens with zero attached hydrogens (tertiary/aromatic N) is 1. The highest BCUT2D eigenvalue weighted by Crippen LogP contribution is 2.25. The van der Waals surface area contributed by atoms with Crippen LogP contribution >= 0.6 is 0 Å². The molecule has 2 aromatic rings. The van der Waals surface area contributed by atoms with Crippen LogP contribution in [-0.4, -0.2) is 24.3 Å². The molecule has 0 radical (unpaired) electrons. The minimum atomic E-state index is -0.593. The lowest BCUT2D eigenvalue weighted by atomic mass is 10.1. The molecular formula is C19H18FN3O3. The van der Waals surface area contributed by atoms with Gasteiger partial charge in [0.25, 0.3) is 5.91 Å². The van der Waals surface area contributed by atoms with Crippen LogP contribution in [0.1, 0.15) is 22.3 Å². The molecule has 1 fully saturated rings. The van der Waals surface area contributed by atoms with Crippen molar-refractivity contribution in [2.75, 3.05) is 11.4 Å². The number of benzene rings is 2. The summed E-state index contributed by atoms with van der Waals surface area (Å²) in [4.78, 5) is 38.0. The zero-order valence-electron chi connectivity index (χ0n) is 14.2. The molecule has 2 N–H and O–H groups in total. The van der Waals surface area contributed by atoms with Crippen LogP contribution in [0.5, 0.6) is 0 Å². The quantitative estimate of drug-likeness (QED) is 0.826. The molecule has 7 heteroatoms. The van der Waals surface area contributed by atoms with Crippen LogP contribution in [0, 0.1) is 18.7 Å². The molecule has 134 valence electrons. The fourth-order valence-electron chi connectivity index (χ4n) is 2.87. The second-order valence-electron chi connectivity index (χ2n) is 6.14. The molecule has 1 atom stereocenters. The zero-order valence-corrected chi connectivity index (χ0v) is 14.2. The molecule has 0 bridgehead atoms. The van der Waals surface area contributed by atoms with Crippen molar-refractivity contribution >= 4 is 23.4 Å². The molecule has 0 aromatic heterocycles. The summed E-state index contributed by atoms with van der Waals surface area (Å²) in [5, 5.41) is 0. The predicted molar refractivity (Wildman–Crippen MR) is 93.6 cm³/mol. The maximum atomic E-state index is 13.0. The van der Waals surface area contributed by atoms with E-state index in [1.165, 1.54) is 29.2 Å². The van der Waals surface area contributed by atoms with E-state index < -0.39 is 23.5 Å². The number of amides is 3. The number of anilines is 1. The van der Waals surface area contributed by atoms with Crippen LogP contribution in [0.4, 0.5) is 10.1 Å². The fraction of sp³-hybridized carbons (Fsp3) is 0.211. The number of halogens is 1. The lowest BCUT2D eigenvalue weighted by molar-refractivity contribution is -0.126. The molecule has 1 aliphatic rings. The van der Waals surface area contributed by atoms with E-state index in [1.807, 2.05) is 6.07 Å². The molecule has 1 aliphatic heterocycles. The van der Waals surface area contributed by atoms with Crippen molar-refractivity contribution in [3.05, 3.63) is 65.5 Å². The van der Waals surface area contributed by atoms with Crippen molar-refractivity contribution in [2.45, 2.75) is 13.3 Å². The average Bonchev–Trinajstić information content (AvgIpc) is 3.02. The van der Waals surface area contributed by atoms with Gasteiger partial charge < -0.3 is 4.90 Å². The van der Waals surface area contributed by atoms with E-state index in [2.05, 4.69) is 10.9 Å². The van der Waals surface area contributed by atoms with Crippen LogP contribution in [-0.2, 0) is 9.59 Å². The van der Waals surface area contributed by atoms with E-state index in [9.17, 15) is 18.8 Å². The Morgan fingerprint density at radius 1 is 1.08 bits per heavy atom. The molecule has 0 saturated carbocycles. The SMILES string of the molecule is Cc1ccccc1C(=O)NNC(=O)[C@H]1CC(=O)N(c2ccc(F)cc2)C1. The van der Waals surface area contributed by atoms with Crippen LogP contribution in [0.2, 0.25) is 0 Å². The van der Waals surface area contributed by atoms with E-state index in [0.717, 1.165) is 5.56 Å². The van der Waals surface area contributed by atoms with Crippen LogP contribution < -0.4 is 15.8 Å². The smallest absolute Gasteiger partial charge is 0.269 e. The number of rotatable bonds is 3. The van der Waals surface area contributed by atoms with Crippen LogP contribution in [0.25, 0.3) is 0 Å². The zero-order chi connectivity index (χ0) is 18.7. The van der Waals surface area contributed by atoms with Gasteiger partial charge in [0.15, 0.2) is 0 Å². The number of hydrogen-bond acceptors (Lipinski definition) is 3. The monoisotopic (exact) mass is 355 g/mol. The summed E-state index contributed by atoms with van der Waals surface area (Å²) in [5.74, 6) is -2.07. The van der Waals surface area contributed by atoms with Crippen molar-refractivity contribution in [2.24, 2.45) is 5.92 Å². The first-order valence-corrected chi connectivity index (χ1v) is 8.17. The predicted octanol–water partition coefficient (Wildman–Crippen LogP) is 1.95. The van der Waals surface area contributed by atoms with Gasteiger partial charge in [0.1, 0.15) is 5.82 Å². The third-order valence-electron chi connectivity index (χ3n) is 4.32. The second kappa shape index (κ2) is 7.35. The number of hydrazine groups is 1. The maximum absolute atomic E-state index is 13.0. The minimum absolute atomic E-state index is 0.0312. The molecule has 3 rings (SSSR count). The van der Waals surface area contributed by atoms with Gasteiger partial charge in [0.05, 0.1) is 5.92 Å². The van der Waals surface area contributed by atoms with E-state index >= 15 is 0 Å². The number of nitrogens with one attached hydrogen (secondary N) is 2. The fourth-order valence-corrected chi connectivity index (χ4v) is 2.87. The van der Waals surface area contributed by atoms with Gasteiger partial charge in [0.2, 0.25) is 11.8 Å². The summed E-state index contributed by atoms with van der Waals surface area (Å²) in [6.45, 7) is 1.98. The Hall–Kier alpha value is -3.22. The van der Waals surface area contributed by atoms with Crippen molar-refractivity contribution in [3.8, 4) is 0 Å². The van der Waals surface area contributed by atoms with Crippen molar-refractivity contribution in [1.29, 1.82) is 0 Å². The van der Waals surface area contributed by atoms with E-state index in [-0.39, 0.29) is 18.9 Å². The second-order valence-corrected chi connectivity index (χ2v) is 6.14. The molecule has 0 unspecified atom stereocenters. The highest BCUT2D eigenvalue weighted by Gasteiger charge is 2.35. The minimum Gasteiger partial charge on any atom is -0.312 e. The summed E-state index contributed by atoms with van der Waals surface area (Å²) in [6, 6.07) is 12.5. The average molecular weight is 355 g/mol. The molecule has 1 heterocycles. The van der Waals surface area contributed by atoms with E-state index in [0.29, 0.717) is 11.3 Å². The highest BCUT2D eigenvalue weighted by molar-refractivity contribution is 6.01. The summed E-state index contributed by atoms with van der Waals surface area (Å²) in [6.07, 6.45) is 0.0312. The largest absolute Gasteiger partial charge is 0.312 e. The summed E-state index contributed by atoms with van der Waals surface area (Å²) in [5.41, 5.74) is 6.54. The standard InChI is InChI=1S/C19H18FN3O3/c1-12-4-2-3-5-16(12)19(26)22-21-18(25)13-10-17(24)23(11-13)15-8-6-14(20)7-9-15/h2-9,13H,10-11H2,1H3,(H,21,25)(H,22,26)/t13-/m0/s1. The number of carbonyl (C=O) groups is 3. The molecule has 1 saturated heterocycles. The van der Waals surface area contributed by atoms with Gasteiger partial charge in [-0.1, -0.05) is 18.2 Å². The maximum Gasteiger partial charge on any atom is 0.269 e. The van der Waals surface area contributed by atoms with Crippen LogP contribution in [0.3, 0.4) is 0 Å². The number of hydrogen-bond donors (Lipinski definition) is 2. The van der Waals surface area contributed by atoms with Gasteiger partial charge in [-0.3, -0.25) is 25.2 Å². The molecule has 3 amide bonds. The Labute approximate surface area is 150 Å². The van der Waals surface area contributed by atoms with Gasteiger partial charge in [-0.25, -0.2) is 4.39 Å². The van der Waals surface area contributed by atoms with Crippen molar-refractivity contribution in [1.82, 2.24) is 10.9 Å². The van der Waals surface area contributed by atoms with E-state index in [1.54, 1.807) is 25.1 Å². The molecule has 6 nitrogen and oxygen atoms in total. The molecule has 26 heavy (non-hydrogen) atoms. The molecule has 2 aromatic carbocycles. The Bertz CT molecular complexity index is 851. The lowest BCUT2D eigenvalue weighted by Gasteiger charge is -2.17. The van der Waals surface area contributed by atoms with Crippen LogP contribution in [0.15, 0.2) is 48.5 Å². The Balaban J connectivity index is 1.59. The lowest BCUT2D eigenvalue weighted by Crippen LogP contribution is -2.45. The first-order valence-electron chi connectivity index (χ1n) is 8.17. The third-order valence-corrected chi connectivity index (χ3v) is 4.32. The van der Waals surface area contributed by atoms with Crippen molar-refractivity contribution < 1.29 is 18.8 Å². The molecule has 0 spiro atoms. The van der Waals surface area contributed by atoms with E-state index in [4.69, 9.17) is 0 Å². The Morgan fingerprint density at radius 2 is 1.77 bits per heavy atom. The van der Waals surface area contributed by atoms with Gasteiger partial charge in [0, 0.05) is 24.2 Å². The van der Waals surface area contributed by atoms with Gasteiger partial charge in [-0.15, -0.1) is 0 Å². The summed E-state index contributed by atoms with van der Waals surface area (Å²) < 4.78 is 13.0. The third kappa shape index (κ3) is 3.72. The first kappa shape index (κ1) is 17.6. The Morgan fingerprint density at radius 3 is 2.46 bits per heavy atom. The topological polar surface area (TPSA) is 78.5 Å². The van der Waals surface area contributed by atoms with Gasteiger partial charge >= 0.3 is 0 Å². The van der Waals surface area contributed by atoms with Gasteiger partial charge in [-0.2, -0.15) is 0 Å². The normalized spacial score (nSPS) is 16.5. The van der Waals surface area contributed by atoms with Crippen molar-refractivity contribution in [3.63, 3.8) is 0 Å². The summed E-state index contributed by atoms with van der Waals surface area (Å²) >= 11 is 0. The molecule has 0 aliphatic carbocycles. The first-order chi connectivity index (χ1) is 12.5. The summed E-state index contributed by atoms with van der Waals surface area (Å²) in [7, 11) is 0. The number of aryl methyl sites for hydroxylation is 1. The molecular weight excluding hydrogens is 337 g/mol. The van der Waals surface area contributed by atoms with Gasteiger partial charge in [-0.05, 0) is 42.8 Å². The Kier molecular flexibility index (Phi) is 4.97. The highest BCUT2D eigenvalue weighted by atomic mass is 19.1.